The summed E-state index contributed by atoms with van der Waals surface area (Å²) in [7, 11) is 0. The second kappa shape index (κ2) is 25.2. The zero-order valence-corrected chi connectivity index (χ0v) is 30.5. The molecule has 0 radical (unpaired) electrons. The van der Waals surface area contributed by atoms with Crippen molar-refractivity contribution in [3.8, 4) is 11.5 Å². The third-order valence-electron chi connectivity index (χ3n) is 9.36. The number of aromatic hydroxyl groups is 1. The van der Waals surface area contributed by atoms with Crippen molar-refractivity contribution in [3.05, 3.63) is 23.3 Å². The summed E-state index contributed by atoms with van der Waals surface area (Å²) in [5.41, 5.74) is 1.64. The van der Waals surface area contributed by atoms with Crippen LogP contribution in [0.25, 0.3) is 0 Å². The number of aryl methyl sites for hydroxylation is 1. The predicted octanol–water partition coefficient (Wildman–Crippen LogP) is 9.74. The lowest BCUT2D eigenvalue weighted by Crippen LogP contribution is -2.54. The Balaban J connectivity index is 1.85. The number of hydrogen-bond donors (Lipinski definition) is 4. The van der Waals surface area contributed by atoms with Crippen molar-refractivity contribution in [2.45, 2.75) is 197 Å². The molecule has 2 unspecified atom stereocenters. The molecule has 0 bridgehead atoms. The molecule has 1 aliphatic heterocycles. The van der Waals surface area contributed by atoms with Crippen molar-refractivity contribution in [1.82, 2.24) is 0 Å². The van der Waals surface area contributed by atoms with Gasteiger partial charge in [0.15, 0.2) is 0 Å². The summed E-state index contributed by atoms with van der Waals surface area (Å²) in [6, 6.07) is 3.76. The fourth-order valence-electron chi connectivity index (χ4n) is 6.32. The molecular weight excluding hydrogens is 623 g/mol. The number of ether oxygens (including phenoxy) is 2. The molecule has 0 aromatic heterocycles. The SMILES string of the molecule is CCCCCCCCCC(Cl)CCCCCc1cc(O)c(CCCCCC(Cl)CCCCCC)c(O[C@@H]2OC[C@@H](O)[C@H](O)[C@H]2O)c1. The molecule has 0 spiro atoms. The topological polar surface area (TPSA) is 99.4 Å². The van der Waals surface area contributed by atoms with Crippen LogP contribution < -0.4 is 4.74 Å². The van der Waals surface area contributed by atoms with Crippen LogP contribution in [0.4, 0.5) is 0 Å². The van der Waals surface area contributed by atoms with Gasteiger partial charge in [-0.25, -0.2) is 0 Å². The first-order valence-corrected chi connectivity index (χ1v) is 19.6. The Bertz CT molecular complexity index is 902. The standard InChI is InChI=1S/C38H66Cl2O6/c1-3-5-7-9-10-11-16-22-31(40)23-17-12-14-20-29-26-33(41)32(25-19-13-18-24-30(39)21-15-8-6-4-2)35(27-29)46-38-37(44)36(43)34(42)28-45-38/h26-27,30-31,34,36-38,41-44H,3-25,28H2,1-2H3/t30?,31?,34-,36+,37-,38+/m1/s1. The lowest BCUT2D eigenvalue weighted by atomic mass is 9.98. The van der Waals surface area contributed by atoms with Crippen molar-refractivity contribution in [2.24, 2.45) is 0 Å². The lowest BCUT2D eigenvalue weighted by molar-refractivity contribution is -0.242. The van der Waals surface area contributed by atoms with Crippen LogP contribution in [-0.4, -0.2) is 62.4 Å². The van der Waals surface area contributed by atoms with Crippen molar-refractivity contribution in [3.63, 3.8) is 0 Å². The number of aliphatic hydroxyl groups excluding tert-OH is 3. The van der Waals surface area contributed by atoms with E-state index in [2.05, 4.69) is 13.8 Å². The molecule has 46 heavy (non-hydrogen) atoms. The van der Waals surface area contributed by atoms with Crippen molar-refractivity contribution >= 4 is 23.2 Å². The summed E-state index contributed by atoms with van der Waals surface area (Å²) in [5, 5.41) is 42.1. The van der Waals surface area contributed by atoms with E-state index >= 15 is 0 Å². The van der Waals surface area contributed by atoms with E-state index in [1.165, 1.54) is 70.6 Å². The molecule has 8 heteroatoms. The van der Waals surface area contributed by atoms with E-state index in [-0.39, 0.29) is 23.1 Å². The van der Waals surface area contributed by atoms with E-state index < -0.39 is 24.6 Å². The second-order valence-electron chi connectivity index (χ2n) is 13.6. The van der Waals surface area contributed by atoms with Gasteiger partial charge in [0.25, 0.3) is 0 Å². The Hall–Kier alpha value is -0.760. The molecule has 268 valence electrons. The number of halogens is 2. The molecule has 6 nitrogen and oxygen atoms in total. The zero-order valence-electron chi connectivity index (χ0n) is 29.0. The molecule has 6 atom stereocenters. The van der Waals surface area contributed by atoms with Gasteiger partial charge in [0.1, 0.15) is 29.8 Å². The van der Waals surface area contributed by atoms with Gasteiger partial charge in [-0.2, -0.15) is 0 Å². The van der Waals surface area contributed by atoms with Crippen LogP contribution in [0, 0.1) is 0 Å². The average molecular weight is 690 g/mol. The van der Waals surface area contributed by atoms with Gasteiger partial charge in [-0.1, -0.05) is 110 Å². The molecule has 1 heterocycles. The van der Waals surface area contributed by atoms with Gasteiger partial charge in [0.2, 0.25) is 6.29 Å². The Morgan fingerprint density at radius 2 is 1.15 bits per heavy atom. The normalized spacial score (nSPS) is 21.4. The highest BCUT2D eigenvalue weighted by atomic mass is 35.5. The summed E-state index contributed by atoms with van der Waals surface area (Å²) in [6.07, 6.45) is 20.7. The number of benzene rings is 1. The highest BCUT2D eigenvalue weighted by Crippen LogP contribution is 2.34. The van der Waals surface area contributed by atoms with E-state index in [0.29, 0.717) is 17.7 Å². The average Bonchev–Trinajstić information content (AvgIpc) is 3.03. The van der Waals surface area contributed by atoms with Crippen LogP contribution in [0.3, 0.4) is 0 Å². The predicted molar refractivity (Wildman–Crippen MR) is 191 cm³/mol. The Morgan fingerprint density at radius 1 is 0.674 bits per heavy atom. The Labute approximate surface area is 290 Å². The van der Waals surface area contributed by atoms with Crippen molar-refractivity contribution < 1.29 is 29.9 Å². The first kappa shape index (κ1) is 41.4. The first-order chi connectivity index (χ1) is 22.3. The van der Waals surface area contributed by atoms with Crippen LogP contribution in [0.15, 0.2) is 12.1 Å². The summed E-state index contributed by atoms with van der Waals surface area (Å²) in [4.78, 5) is 0. The number of alkyl halides is 2. The summed E-state index contributed by atoms with van der Waals surface area (Å²) >= 11 is 13.2. The van der Waals surface area contributed by atoms with Crippen LogP contribution in [-0.2, 0) is 17.6 Å². The first-order valence-electron chi connectivity index (χ1n) is 18.7. The highest BCUT2D eigenvalue weighted by molar-refractivity contribution is 6.20. The Morgan fingerprint density at radius 3 is 1.72 bits per heavy atom. The van der Waals surface area contributed by atoms with Gasteiger partial charge in [0.05, 0.1) is 6.61 Å². The van der Waals surface area contributed by atoms with Gasteiger partial charge in [-0.15, -0.1) is 23.2 Å². The molecule has 1 aliphatic rings. The van der Waals surface area contributed by atoms with Crippen LogP contribution >= 0.6 is 23.2 Å². The molecule has 1 aromatic carbocycles. The number of aliphatic hydroxyl groups is 3. The minimum Gasteiger partial charge on any atom is -0.508 e. The third-order valence-corrected chi connectivity index (χ3v) is 10.2. The molecule has 1 fully saturated rings. The van der Waals surface area contributed by atoms with Crippen molar-refractivity contribution in [1.29, 1.82) is 0 Å². The maximum absolute atomic E-state index is 11.1. The molecule has 2 rings (SSSR count). The molecule has 1 saturated heterocycles. The summed E-state index contributed by atoms with van der Waals surface area (Å²) in [6.45, 7) is 4.33. The number of phenols is 1. The number of rotatable bonds is 27. The van der Waals surface area contributed by atoms with Gasteiger partial charge < -0.3 is 29.9 Å². The smallest absolute Gasteiger partial charge is 0.228 e. The van der Waals surface area contributed by atoms with E-state index in [1.807, 2.05) is 12.1 Å². The molecule has 0 saturated carbocycles. The van der Waals surface area contributed by atoms with Gasteiger partial charge in [-0.05, 0) is 69.1 Å². The van der Waals surface area contributed by atoms with Crippen LogP contribution in [0.5, 0.6) is 11.5 Å². The molecule has 4 N–H and O–H groups in total. The largest absolute Gasteiger partial charge is 0.508 e. The molecular formula is C38H66Cl2O6. The monoisotopic (exact) mass is 688 g/mol. The fourth-order valence-corrected chi connectivity index (χ4v) is 6.93. The summed E-state index contributed by atoms with van der Waals surface area (Å²) in [5.74, 6) is 0.643. The zero-order chi connectivity index (χ0) is 33.6. The minimum atomic E-state index is -1.40. The second-order valence-corrected chi connectivity index (χ2v) is 14.8. The lowest BCUT2D eigenvalue weighted by Gasteiger charge is -2.35. The number of hydrogen-bond acceptors (Lipinski definition) is 6. The highest BCUT2D eigenvalue weighted by Gasteiger charge is 2.39. The molecule has 1 aromatic rings. The van der Waals surface area contributed by atoms with E-state index in [1.54, 1.807) is 0 Å². The maximum atomic E-state index is 11.1. The van der Waals surface area contributed by atoms with Gasteiger partial charge in [-0.3, -0.25) is 0 Å². The number of unbranched alkanes of at least 4 members (excludes halogenated alkanes) is 13. The minimum absolute atomic E-state index is 0.136. The number of phenolic OH excluding ortho intramolecular Hbond substituents is 1. The maximum Gasteiger partial charge on any atom is 0.228 e. The quantitative estimate of drug-likeness (QED) is 0.0542. The molecule has 0 amide bonds. The van der Waals surface area contributed by atoms with E-state index in [4.69, 9.17) is 32.7 Å². The van der Waals surface area contributed by atoms with Gasteiger partial charge >= 0.3 is 0 Å². The summed E-state index contributed by atoms with van der Waals surface area (Å²) < 4.78 is 11.6. The van der Waals surface area contributed by atoms with E-state index in [9.17, 15) is 20.4 Å². The Kier molecular flexibility index (Phi) is 22.7. The van der Waals surface area contributed by atoms with Crippen LogP contribution in [0.2, 0.25) is 0 Å². The van der Waals surface area contributed by atoms with E-state index in [0.717, 1.165) is 76.2 Å². The van der Waals surface area contributed by atoms with Gasteiger partial charge in [0, 0.05) is 16.3 Å². The van der Waals surface area contributed by atoms with Crippen LogP contribution in [0.1, 0.15) is 160 Å². The fraction of sp³-hybridized carbons (Fsp3) is 0.842. The van der Waals surface area contributed by atoms with Crippen molar-refractivity contribution in [2.75, 3.05) is 6.61 Å². The third kappa shape index (κ3) is 17.1. The molecule has 0 aliphatic carbocycles.